The zero-order chi connectivity index (χ0) is 26.5. The maximum Gasteiger partial charge on any atom is 0.316 e. The van der Waals surface area contributed by atoms with Crippen molar-refractivity contribution in [2.45, 2.75) is 32.9 Å². The SMILES string of the molecule is C=NC=C(N=C)C(=CC)SCC(C#N)c1ccnc(OCc2ccc(CN3CCN(CC)CC3)cc2)n1. The number of hydrogen-bond acceptors (Lipinski definition) is 9. The summed E-state index contributed by atoms with van der Waals surface area (Å²) in [6, 6.07) is 12.8. The van der Waals surface area contributed by atoms with Gasteiger partial charge in [0.15, 0.2) is 0 Å². The summed E-state index contributed by atoms with van der Waals surface area (Å²) >= 11 is 1.49. The van der Waals surface area contributed by atoms with Gasteiger partial charge in [-0.05, 0) is 44.1 Å². The summed E-state index contributed by atoms with van der Waals surface area (Å²) in [5.41, 5.74) is 3.59. The van der Waals surface area contributed by atoms with Crippen LogP contribution < -0.4 is 4.74 Å². The van der Waals surface area contributed by atoms with Gasteiger partial charge in [-0.25, -0.2) is 4.98 Å². The van der Waals surface area contributed by atoms with Crippen LogP contribution in [-0.4, -0.2) is 71.7 Å². The molecule has 0 aliphatic carbocycles. The number of nitriles is 1. The number of likely N-dealkylation sites (N-methyl/N-ethyl adjacent to an activating group) is 1. The van der Waals surface area contributed by atoms with Crippen LogP contribution in [0.3, 0.4) is 0 Å². The van der Waals surface area contributed by atoms with Crippen LogP contribution in [0.1, 0.15) is 36.6 Å². The molecule has 194 valence electrons. The molecule has 1 fully saturated rings. The van der Waals surface area contributed by atoms with Gasteiger partial charge in [0.25, 0.3) is 0 Å². The number of nitrogens with zero attached hydrogens (tertiary/aromatic N) is 7. The molecule has 1 saturated heterocycles. The van der Waals surface area contributed by atoms with E-state index in [1.807, 2.05) is 13.0 Å². The first kappa shape index (κ1) is 28.3. The van der Waals surface area contributed by atoms with Gasteiger partial charge in [0.1, 0.15) is 6.61 Å². The quantitative estimate of drug-likeness (QED) is 0.281. The third kappa shape index (κ3) is 8.64. The Morgan fingerprint density at radius 2 is 1.86 bits per heavy atom. The first-order valence-electron chi connectivity index (χ1n) is 12.4. The van der Waals surface area contributed by atoms with Crippen molar-refractivity contribution in [3.8, 4) is 12.1 Å². The normalized spacial score (nSPS) is 16.1. The highest BCUT2D eigenvalue weighted by molar-refractivity contribution is 8.03. The summed E-state index contributed by atoms with van der Waals surface area (Å²) in [6.07, 6.45) is 5.09. The van der Waals surface area contributed by atoms with Crippen LogP contribution in [0.2, 0.25) is 0 Å². The number of rotatable bonds is 13. The predicted molar refractivity (Wildman–Crippen MR) is 152 cm³/mol. The fraction of sp³-hybridized carbons (Fsp3) is 0.393. The minimum atomic E-state index is -0.438. The number of thioether (sulfide) groups is 1. The molecule has 1 aliphatic rings. The average Bonchev–Trinajstić information content (AvgIpc) is 2.95. The van der Waals surface area contributed by atoms with Gasteiger partial charge in [-0.1, -0.05) is 37.3 Å². The Labute approximate surface area is 224 Å². The maximum absolute atomic E-state index is 9.76. The molecule has 1 unspecified atom stereocenters. The third-order valence-electron chi connectivity index (χ3n) is 6.18. The summed E-state index contributed by atoms with van der Waals surface area (Å²) in [4.78, 5) is 22.3. The molecule has 2 aromatic rings. The summed E-state index contributed by atoms with van der Waals surface area (Å²) in [6.45, 7) is 18.1. The van der Waals surface area contributed by atoms with Crippen LogP contribution in [0, 0.1) is 11.3 Å². The average molecular weight is 518 g/mol. The maximum atomic E-state index is 9.76. The van der Waals surface area contributed by atoms with Gasteiger partial charge in [0.2, 0.25) is 0 Å². The van der Waals surface area contributed by atoms with Crippen LogP contribution in [0.15, 0.2) is 69.4 Å². The lowest BCUT2D eigenvalue weighted by molar-refractivity contribution is 0.132. The molecule has 1 aromatic heterocycles. The van der Waals surface area contributed by atoms with Crippen molar-refractivity contribution < 1.29 is 4.74 Å². The van der Waals surface area contributed by atoms with Crippen molar-refractivity contribution >= 4 is 25.2 Å². The van der Waals surface area contributed by atoms with E-state index in [4.69, 9.17) is 4.74 Å². The summed E-state index contributed by atoms with van der Waals surface area (Å²) in [5.74, 6) is 0.0533. The fourth-order valence-corrected chi connectivity index (χ4v) is 4.99. The summed E-state index contributed by atoms with van der Waals surface area (Å²) in [5, 5.41) is 9.76. The van der Waals surface area contributed by atoms with Gasteiger partial charge in [0, 0.05) is 49.6 Å². The zero-order valence-corrected chi connectivity index (χ0v) is 22.5. The van der Waals surface area contributed by atoms with Crippen LogP contribution in [0.4, 0.5) is 0 Å². The van der Waals surface area contributed by atoms with E-state index < -0.39 is 5.92 Å². The molecule has 0 N–H and O–H groups in total. The highest BCUT2D eigenvalue weighted by atomic mass is 32.2. The Morgan fingerprint density at radius 3 is 2.49 bits per heavy atom. The molecule has 0 bridgehead atoms. The number of aromatic nitrogens is 2. The van der Waals surface area contributed by atoms with Gasteiger partial charge >= 0.3 is 6.01 Å². The zero-order valence-electron chi connectivity index (χ0n) is 21.7. The monoisotopic (exact) mass is 517 g/mol. The van der Waals surface area contributed by atoms with E-state index in [0.717, 1.165) is 49.7 Å². The van der Waals surface area contributed by atoms with E-state index in [1.165, 1.54) is 17.3 Å². The van der Waals surface area contributed by atoms with Gasteiger partial charge in [0.05, 0.1) is 29.6 Å². The topological polar surface area (TPSA) is 90.0 Å². The van der Waals surface area contributed by atoms with Crippen LogP contribution >= 0.6 is 11.8 Å². The van der Waals surface area contributed by atoms with E-state index in [9.17, 15) is 5.26 Å². The Kier molecular flexibility index (Phi) is 11.5. The lowest BCUT2D eigenvalue weighted by atomic mass is 10.1. The standard InChI is InChI=1S/C28H35N7OS/c1-5-27(26(31-4)18-30-3)37-21-24(17-29)25-11-12-32-28(33-25)36-20-23-9-7-22(8-10-23)19-35-15-13-34(6-2)14-16-35/h5,7-12,18,24H,3-4,6,13-16,19-21H2,1-2H3. The highest BCUT2D eigenvalue weighted by Gasteiger charge is 2.17. The molecule has 1 aliphatic heterocycles. The minimum Gasteiger partial charge on any atom is -0.459 e. The summed E-state index contributed by atoms with van der Waals surface area (Å²) in [7, 11) is 0. The smallest absolute Gasteiger partial charge is 0.316 e. The Bertz CT molecular complexity index is 1130. The van der Waals surface area contributed by atoms with Gasteiger partial charge < -0.3 is 9.64 Å². The Hall–Kier alpha value is -3.32. The molecule has 3 rings (SSSR count). The molecule has 0 saturated carbocycles. The van der Waals surface area contributed by atoms with Crippen molar-refractivity contribution in [3.05, 3.63) is 76.2 Å². The van der Waals surface area contributed by atoms with Crippen molar-refractivity contribution in [1.82, 2.24) is 19.8 Å². The lowest BCUT2D eigenvalue weighted by Crippen LogP contribution is -2.45. The number of aliphatic imine (C=N–C) groups is 2. The molecule has 37 heavy (non-hydrogen) atoms. The van der Waals surface area contributed by atoms with E-state index in [0.29, 0.717) is 23.8 Å². The summed E-state index contributed by atoms with van der Waals surface area (Å²) < 4.78 is 5.86. The molecule has 1 aromatic carbocycles. The van der Waals surface area contributed by atoms with Gasteiger partial charge in [-0.15, -0.1) is 11.8 Å². The van der Waals surface area contributed by atoms with E-state index >= 15 is 0 Å². The second-order valence-corrected chi connectivity index (χ2v) is 9.64. The molecule has 0 radical (unpaired) electrons. The molecule has 0 amide bonds. The third-order valence-corrected chi connectivity index (χ3v) is 7.44. The van der Waals surface area contributed by atoms with Gasteiger partial charge in [-0.3, -0.25) is 14.9 Å². The second kappa shape index (κ2) is 15.1. The van der Waals surface area contributed by atoms with Crippen LogP contribution in [-0.2, 0) is 13.2 Å². The molecule has 9 heteroatoms. The van der Waals surface area contributed by atoms with E-state index in [-0.39, 0.29) is 6.01 Å². The van der Waals surface area contributed by atoms with Crippen LogP contribution in [0.5, 0.6) is 6.01 Å². The van der Waals surface area contributed by atoms with E-state index in [1.54, 1.807) is 18.5 Å². The fourth-order valence-electron chi connectivity index (χ4n) is 3.96. The number of allylic oxidation sites excluding steroid dienone is 1. The first-order chi connectivity index (χ1) is 18.1. The van der Waals surface area contributed by atoms with Crippen molar-refractivity contribution in [2.75, 3.05) is 38.5 Å². The number of benzene rings is 1. The molecular weight excluding hydrogens is 482 g/mol. The molecule has 0 spiro atoms. The van der Waals surface area contributed by atoms with Crippen LogP contribution in [0.25, 0.3) is 0 Å². The minimum absolute atomic E-state index is 0.260. The number of hydrogen-bond donors (Lipinski definition) is 0. The predicted octanol–water partition coefficient (Wildman–Crippen LogP) is 4.68. The Balaban J connectivity index is 1.54. The van der Waals surface area contributed by atoms with Gasteiger partial charge in [-0.2, -0.15) is 10.2 Å². The lowest BCUT2D eigenvalue weighted by Gasteiger charge is -2.34. The molecule has 2 heterocycles. The van der Waals surface area contributed by atoms with Crippen molar-refractivity contribution in [3.63, 3.8) is 0 Å². The Morgan fingerprint density at radius 1 is 1.16 bits per heavy atom. The number of piperazine rings is 1. The highest BCUT2D eigenvalue weighted by Crippen LogP contribution is 2.30. The molecule has 8 nitrogen and oxygen atoms in total. The number of ether oxygens (including phenoxy) is 1. The molecule has 1 atom stereocenters. The largest absolute Gasteiger partial charge is 0.459 e. The first-order valence-corrected chi connectivity index (χ1v) is 13.4. The van der Waals surface area contributed by atoms with E-state index in [2.05, 4.69) is 80.4 Å². The molecular formula is C28H35N7OS. The second-order valence-electron chi connectivity index (χ2n) is 8.58. The van der Waals surface area contributed by atoms with Crippen molar-refractivity contribution in [1.29, 1.82) is 5.26 Å². The van der Waals surface area contributed by atoms with Crippen molar-refractivity contribution in [2.24, 2.45) is 9.98 Å².